The van der Waals surface area contributed by atoms with Crippen LogP contribution >= 0.6 is 0 Å². The number of hydrogen-bond acceptors (Lipinski definition) is 2. The lowest BCUT2D eigenvalue weighted by Crippen LogP contribution is -2.11. The Kier molecular flexibility index (Phi) is 3.18. The van der Waals surface area contributed by atoms with Gasteiger partial charge in [0.15, 0.2) is 11.6 Å². The molecule has 0 N–H and O–H groups in total. The van der Waals surface area contributed by atoms with Crippen molar-refractivity contribution in [1.82, 2.24) is 0 Å². The van der Waals surface area contributed by atoms with E-state index in [1.807, 2.05) is 44.9 Å². The second kappa shape index (κ2) is 4.18. The van der Waals surface area contributed by atoms with E-state index >= 15 is 0 Å². The van der Waals surface area contributed by atoms with Crippen molar-refractivity contribution in [1.29, 1.82) is 0 Å². The van der Waals surface area contributed by atoms with Crippen LogP contribution in [0.1, 0.15) is 19.4 Å². The Labute approximate surface area is 85.8 Å². The van der Waals surface area contributed by atoms with Gasteiger partial charge in [0.25, 0.3) is 0 Å². The van der Waals surface area contributed by atoms with Crippen molar-refractivity contribution < 1.29 is 4.74 Å². The highest BCUT2D eigenvalue weighted by molar-refractivity contribution is 5.66. The molecule has 0 amide bonds. The van der Waals surface area contributed by atoms with E-state index < -0.39 is 0 Å². The standard InChI is InChI=1S/C10H11NO.C2H6/c1-7-4-5-9-10(6-7)12-8(2)11(9)3;1-2/h4-6H,2H2,1,3H3;1-2H3. The van der Waals surface area contributed by atoms with Crippen LogP contribution in [0.3, 0.4) is 0 Å². The molecule has 2 heteroatoms. The van der Waals surface area contributed by atoms with Gasteiger partial charge in [0.05, 0.1) is 5.69 Å². The van der Waals surface area contributed by atoms with Gasteiger partial charge in [0.1, 0.15) is 0 Å². The van der Waals surface area contributed by atoms with Gasteiger partial charge in [0.2, 0.25) is 0 Å². The molecule has 0 saturated heterocycles. The number of hydrogen-bond donors (Lipinski definition) is 0. The summed E-state index contributed by atoms with van der Waals surface area (Å²) >= 11 is 0. The maximum Gasteiger partial charge on any atom is 0.193 e. The van der Waals surface area contributed by atoms with Crippen molar-refractivity contribution in [3.8, 4) is 5.75 Å². The molecule has 0 fully saturated rings. The van der Waals surface area contributed by atoms with E-state index in [9.17, 15) is 0 Å². The number of rotatable bonds is 0. The third-order valence-corrected chi connectivity index (χ3v) is 2.08. The fourth-order valence-electron chi connectivity index (χ4n) is 1.31. The van der Waals surface area contributed by atoms with Gasteiger partial charge in [-0.2, -0.15) is 0 Å². The molecular formula is C12H17NO. The van der Waals surface area contributed by atoms with Crippen LogP contribution in [-0.4, -0.2) is 7.05 Å². The van der Waals surface area contributed by atoms with Crippen molar-refractivity contribution >= 4 is 5.69 Å². The Morgan fingerprint density at radius 2 is 1.93 bits per heavy atom. The molecule has 1 aromatic rings. The number of nitrogens with zero attached hydrogens (tertiary/aromatic N) is 1. The quantitative estimate of drug-likeness (QED) is 0.623. The minimum absolute atomic E-state index is 0.690. The topological polar surface area (TPSA) is 12.5 Å². The average Bonchev–Trinajstić information content (AvgIpc) is 2.45. The Morgan fingerprint density at radius 1 is 1.29 bits per heavy atom. The third kappa shape index (κ3) is 1.74. The normalized spacial score (nSPS) is 12.9. The Balaban J connectivity index is 0.000000461. The van der Waals surface area contributed by atoms with Crippen molar-refractivity contribution in [2.45, 2.75) is 20.8 Å². The first kappa shape index (κ1) is 10.6. The molecule has 0 unspecified atom stereocenters. The van der Waals surface area contributed by atoms with Crippen LogP contribution in [0.2, 0.25) is 0 Å². The summed E-state index contributed by atoms with van der Waals surface area (Å²) in [5.74, 6) is 1.60. The van der Waals surface area contributed by atoms with Crippen LogP contribution in [0.25, 0.3) is 0 Å². The van der Waals surface area contributed by atoms with E-state index in [0.717, 1.165) is 11.4 Å². The number of fused-ring (bicyclic) bond motifs is 1. The van der Waals surface area contributed by atoms with Gasteiger partial charge in [-0.3, -0.25) is 0 Å². The summed E-state index contributed by atoms with van der Waals surface area (Å²) in [4.78, 5) is 1.94. The van der Waals surface area contributed by atoms with Crippen LogP contribution in [0.5, 0.6) is 5.75 Å². The van der Waals surface area contributed by atoms with Crippen LogP contribution in [0, 0.1) is 6.92 Å². The lowest BCUT2D eigenvalue weighted by Gasteiger charge is -2.08. The fraction of sp³-hybridized carbons (Fsp3) is 0.333. The van der Waals surface area contributed by atoms with Gasteiger partial charge in [-0.25, -0.2) is 0 Å². The number of anilines is 1. The minimum Gasteiger partial charge on any atom is -0.439 e. The molecule has 14 heavy (non-hydrogen) atoms. The van der Waals surface area contributed by atoms with Crippen molar-refractivity contribution in [2.75, 3.05) is 11.9 Å². The second-order valence-corrected chi connectivity index (χ2v) is 3.03. The molecule has 2 nitrogen and oxygen atoms in total. The van der Waals surface area contributed by atoms with E-state index in [0.29, 0.717) is 5.88 Å². The third-order valence-electron chi connectivity index (χ3n) is 2.08. The molecule has 76 valence electrons. The maximum absolute atomic E-state index is 5.43. The Morgan fingerprint density at radius 3 is 2.57 bits per heavy atom. The highest BCUT2D eigenvalue weighted by Gasteiger charge is 2.20. The largest absolute Gasteiger partial charge is 0.439 e. The van der Waals surface area contributed by atoms with Gasteiger partial charge in [0, 0.05) is 7.05 Å². The van der Waals surface area contributed by atoms with Gasteiger partial charge in [-0.15, -0.1) is 0 Å². The molecule has 1 aliphatic heterocycles. The molecule has 1 aromatic carbocycles. The number of benzene rings is 1. The maximum atomic E-state index is 5.43. The predicted octanol–water partition coefficient (Wildman–Crippen LogP) is 3.32. The van der Waals surface area contributed by atoms with Crippen LogP contribution in [-0.2, 0) is 0 Å². The highest BCUT2D eigenvalue weighted by atomic mass is 16.5. The smallest absolute Gasteiger partial charge is 0.193 e. The molecule has 0 spiro atoms. The van der Waals surface area contributed by atoms with Crippen LogP contribution in [0.15, 0.2) is 30.7 Å². The van der Waals surface area contributed by atoms with E-state index in [1.54, 1.807) is 0 Å². The second-order valence-electron chi connectivity index (χ2n) is 3.03. The molecule has 0 saturated carbocycles. The van der Waals surface area contributed by atoms with E-state index in [-0.39, 0.29) is 0 Å². The fourth-order valence-corrected chi connectivity index (χ4v) is 1.31. The lowest BCUT2D eigenvalue weighted by atomic mass is 10.2. The molecule has 1 aliphatic rings. The van der Waals surface area contributed by atoms with Crippen molar-refractivity contribution in [3.05, 3.63) is 36.2 Å². The van der Waals surface area contributed by atoms with E-state index in [4.69, 9.17) is 4.74 Å². The lowest BCUT2D eigenvalue weighted by molar-refractivity contribution is 0.446. The molecular weight excluding hydrogens is 174 g/mol. The SMILES string of the molecule is C=C1Oc2cc(C)ccc2N1C.CC. The first-order valence-corrected chi connectivity index (χ1v) is 4.89. The van der Waals surface area contributed by atoms with Gasteiger partial charge < -0.3 is 9.64 Å². The van der Waals surface area contributed by atoms with Gasteiger partial charge >= 0.3 is 0 Å². The van der Waals surface area contributed by atoms with Crippen molar-refractivity contribution in [3.63, 3.8) is 0 Å². The summed E-state index contributed by atoms with van der Waals surface area (Å²) in [6, 6.07) is 6.13. The molecule has 1 heterocycles. The summed E-state index contributed by atoms with van der Waals surface area (Å²) in [5, 5.41) is 0. The molecule has 0 aliphatic carbocycles. The average molecular weight is 191 g/mol. The first-order valence-electron chi connectivity index (χ1n) is 4.89. The highest BCUT2D eigenvalue weighted by Crippen LogP contribution is 2.37. The van der Waals surface area contributed by atoms with E-state index in [1.165, 1.54) is 5.56 Å². The van der Waals surface area contributed by atoms with Gasteiger partial charge in [-0.05, 0) is 31.2 Å². The zero-order valence-electron chi connectivity index (χ0n) is 9.29. The number of aryl methyl sites for hydroxylation is 1. The summed E-state index contributed by atoms with van der Waals surface area (Å²) in [5.41, 5.74) is 2.29. The van der Waals surface area contributed by atoms with E-state index in [2.05, 4.69) is 12.6 Å². The van der Waals surface area contributed by atoms with Gasteiger partial charge in [-0.1, -0.05) is 19.9 Å². The molecule has 0 aromatic heterocycles. The summed E-state index contributed by atoms with van der Waals surface area (Å²) < 4.78 is 5.43. The minimum atomic E-state index is 0.690. The number of ether oxygens (including phenoxy) is 1. The van der Waals surface area contributed by atoms with Crippen LogP contribution in [0.4, 0.5) is 5.69 Å². The molecule has 2 rings (SSSR count). The predicted molar refractivity (Wildman–Crippen MR) is 60.7 cm³/mol. The Hall–Kier alpha value is -1.44. The van der Waals surface area contributed by atoms with Crippen molar-refractivity contribution in [2.24, 2.45) is 0 Å². The monoisotopic (exact) mass is 191 g/mol. The summed E-state index contributed by atoms with van der Waals surface area (Å²) in [7, 11) is 1.95. The Bertz CT molecular complexity index is 344. The molecule has 0 radical (unpaired) electrons. The summed E-state index contributed by atoms with van der Waals surface area (Å²) in [6.07, 6.45) is 0. The first-order chi connectivity index (χ1) is 6.68. The van der Waals surface area contributed by atoms with Crippen LogP contribution < -0.4 is 9.64 Å². The zero-order valence-corrected chi connectivity index (χ0v) is 9.29. The zero-order chi connectivity index (χ0) is 10.7. The molecule has 0 bridgehead atoms. The summed E-state index contributed by atoms with van der Waals surface area (Å²) in [6.45, 7) is 9.83. The molecule has 0 atom stereocenters.